The molecule has 1 aromatic rings. The fourth-order valence-corrected chi connectivity index (χ4v) is 1.34. The quantitative estimate of drug-likeness (QED) is 0.694. The van der Waals surface area contributed by atoms with Gasteiger partial charge >= 0.3 is 0 Å². The molecule has 0 saturated carbocycles. The van der Waals surface area contributed by atoms with E-state index in [1.54, 1.807) is 13.4 Å². The summed E-state index contributed by atoms with van der Waals surface area (Å²) >= 11 is 0. The van der Waals surface area contributed by atoms with Gasteiger partial charge in [0, 0.05) is 32.6 Å². The van der Waals surface area contributed by atoms with Crippen molar-refractivity contribution < 1.29 is 9.15 Å². The number of aromatic nitrogens is 1. The minimum atomic E-state index is 0.432. The molecule has 0 saturated heterocycles. The van der Waals surface area contributed by atoms with Crippen LogP contribution in [0.25, 0.3) is 0 Å². The van der Waals surface area contributed by atoms with Crippen LogP contribution < -0.4 is 5.32 Å². The van der Waals surface area contributed by atoms with Crippen molar-refractivity contribution in [3.05, 3.63) is 17.8 Å². The van der Waals surface area contributed by atoms with Gasteiger partial charge in [-0.2, -0.15) is 0 Å². The van der Waals surface area contributed by atoms with E-state index in [9.17, 15) is 0 Å². The van der Waals surface area contributed by atoms with Gasteiger partial charge in [0.25, 0.3) is 0 Å². The summed E-state index contributed by atoms with van der Waals surface area (Å²) in [6, 6.07) is 0.432. The fraction of sp³-hybridized carbons (Fsp3) is 0.727. The fourth-order valence-electron chi connectivity index (χ4n) is 1.34. The number of likely N-dealkylation sites (N-methyl/N-ethyl adjacent to an activating group) is 1. The number of methoxy groups -OCH3 is 1. The predicted octanol–water partition coefficient (Wildman–Crippen LogP) is 1.40. The molecule has 0 aliphatic heterocycles. The highest BCUT2D eigenvalue weighted by Crippen LogP contribution is 2.06. The van der Waals surface area contributed by atoms with Gasteiger partial charge in [0.1, 0.15) is 6.26 Å². The molecule has 0 aliphatic rings. The van der Waals surface area contributed by atoms with Crippen LogP contribution in [0.15, 0.2) is 10.7 Å². The first kappa shape index (κ1) is 12.2. The van der Waals surface area contributed by atoms with Crippen LogP contribution in [0, 0.1) is 0 Å². The van der Waals surface area contributed by atoms with E-state index in [0.29, 0.717) is 6.04 Å². The van der Waals surface area contributed by atoms with Gasteiger partial charge in [-0.25, -0.2) is 4.98 Å². The number of hydrogen-bond donors (Lipinski definition) is 1. The Labute approximate surface area is 91.0 Å². The van der Waals surface area contributed by atoms with Crippen LogP contribution >= 0.6 is 0 Å². The zero-order valence-corrected chi connectivity index (χ0v) is 9.75. The predicted molar refractivity (Wildman–Crippen MR) is 58.9 cm³/mol. The van der Waals surface area contributed by atoms with Crippen LogP contribution in [0.3, 0.4) is 0 Å². The van der Waals surface area contributed by atoms with E-state index in [4.69, 9.17) is 9.15 Å². The first-order chi connectivity index (χ1) is 7.26. The minimum absolute atomic E-state index is 0.432. The third-order valence-electron chi connectivity index (χ3n) is 2.35. The van der Waals surface area contributed by atoms with E-state index in [0.717, 1.165) is 37.5 Å². The summed E-state index contributed by atoms with van der Waals surface area (Å²) in [4.78, 5) is 4.41. The van der Waals surface area contributed by atoms with Crippen molar-refractivity contribution in [1.29, 1.82) is 0 Å². The van der Waals surface area contributed by atoms with Crippen molar-refractivity contribution in [3.63, 3.8) is 0 Å². The van der Waals surface area contributed by atoms with Gasteiger partial charge in [0.15, 0.2) is 5.89 Å². The van der Waals surface area contributed by atoms with E-state index in [2.05, 4.69) is 17.2 Å². The Kier molecular flexibility index (Phi) is 5.36. The van der Waals surface area contributed by atoms with E-state index in [1.165, 1.54) is 0 Å². The minimum Gasteiger partial charge on any atom is -0.449 e. The molecule has 4 heteroatoms. The number of ether oxygens (including phenoxy) is 1. The van der Waals surface area contributed by atoms with Crippen molar-refractivity contribution in [2.45, 2.75) is 32.2 Å². The maximum absolute atomic E-state index is 5.36. The molecule has 1 unspecified atom stereocenters. The number of rotatable bonds is 7. The van der Waals surface area contributed by atoms with Gasteiger partial charge in [-0.05, 0) is 20.4 Å². The first-order valence-corrected chi connectivity index (χ1v) is 5.35. The monoisotopic (exact) mass is 212 g/mol. The van der Waals surface area contributed by atoms with Gasteiger partial charge in [-0.15, -0.1) is 0 Å². The normalized spacial score (nSPS) is 13.0. The lowest BCUT2D eigenvalue weighted by atomic mass is 10.2. The Hall–Kier alpha value is -0.870. The summed E-state index contributed by atoms with van der Waals surface area (Å²) in [6.45, 7) is 2.88. The number of hydrogen-bond acceptors (Lipinski definition) is 4. The molecule has 1 N–H and O–H groups in total. The molecule has 0 aromatic carbocycles. The summed E-state index contributed by atoms with van der Waals surface area (Å²) < 4.78 is 10.3. The number of nitrogens with zero attached hydrogens (tertiary/aromatic N) is 1. The van der Waals surface area contributed by atoms with Crippen molar-refractivity contribution >= 4 is 0 Å². The number of oxazole rings is 1. The van der Waals surface area contributed by atoms with Gasteiger partial charge < -0.3 is 14.5 Å². The average molecular weight is 212 g/mol. The summed E-state index contributed by atoms with van der Waals surface area (Å²) in [5.74, 6) is 0.811. The van der Waals surface area contributed by atoms with Crippen molar-refractivity contribution in [3.8, 4) is 0 Å². The molecular weight excluding hydrogens is 192 g/mol. The molecular formula is C11H20N2O2. The zero-order valence-electron chi connectivity index (χ0n) is 9.75. The molecule has 1 heterocycles. The zero-order chi connectivity index (χ0) is 11.1. The molecule has 86 valence electrons. The van der Waals surface area contributed by atoms with Gasteiger partial charge in [-0.3, -0.25) is 0 Å². The van der Waals surface area contributed by atoms with Crippen molar-refractivity contribution in [1.82, 2.24) is 10.3 Å². The largest absolute Gasteiger partial charge is 0.449 e. The lowest BCUT2D eigenvalue weighted by Crippen LogP contribution is -2.23. The third kappa shape index (κ3) is 4.44. The SMILES string of the molecule is CNC(C)Cc1coc(CCCOC)n1. The molecule has 4 nitrogen and oxygen atoms in total. The summed E-state index contributed by atoms with van der Waals surface area (Å²) in [5.41, 5.74) is 1.02. The van der Waals surface area contributed by atoms with Crippen molar-refractivity contribution in [2.75, 3.05) is 20.8 Å². The lowest BCUT2D eigenvalue weighted by Gasteiger charge is -2.05. The van der Waals surface area contributed by atoms with E-state index in [1.807, 2.05) is 7.05 Å². The van der Waals surface area contributed by atoms with Gasteiger partial charge in [0.05, 0.1) is 5.69 Å². The van der Waals surface area contributed by atoms with Crippen LogP contribution in [0.4, 0.5) is 0 Å². The summed E-state index contributed by atoms with van der Waals surface area (Å²) in [6.07, 6.45) is 4.46. The number of nitrogens with one attached hydrogen (secondary N) is 1. The maximum atomic E-state index is 5.36. The summed E-state index contributed by atoms with van der Waals surface area (Å²) in [7, 11) is 3.65. The molecule has 15 heavy (non-hydrogen) atoms. The van der Waals surface area contributed by atoms with Crippen LogP contribution in [-0.4, -0.2) is 31.8 Å². The van der Waals surface area contributed by atoms with Gasteiger partial charge in [0.2, 0.25) is 0 Å². The van der Waals surface area contributed by atoms with Crippen LogP contribution in [0.5, 0.6) is 0 Å². The first-order valence-electron chi connectivity index (χ1n) is 5.35. The number of aryl methyl sites for hydroxylation is 1. The van der Waals surface area contributed by atoms with Gasteiger partial charge in [-0.1, -0.05) is 0 Å². The Morgan fingerprint density at radius 3 is 3.07 bits per heavy atom. The maximum Gasteiger partial charge on any atom is 0.194 e. The van der Waals surface area contributed by atoms with E-state index < -0.39 is 0 Å². The highest BCUT2D eigenvalue weighted by atomic mass is 16.5. The Morgan fingerprint density at radius 1 is 1.60 bits per heavy atom. The van der Waals surface area contributed by atoms with Crippen molar-refractivity contribution in [2.24, 2.45) is 0 Å². The highest BCUT2D eigenvalue weighted by molar-refractivity contribution is 4.98. The molecule has 1 rings (SSSR count). The van der Waals surface area contributed by atoms with Crippen LogP contribution in [0.2, 0.25) is 0 Å². The van der Waals surface area contributed by atoms with E-state index in [-0.39, 0.29) is 0 Å². The summed E-state index contributed by atoms with van der Waals surface area (Å²) in [5, 5.41) is 3.17. The molecule has 0 amide bonds. The second-order valence-corrected chi connectivity index (χ2v) is 3.72. The molecule has 0 spiro atoms. The Morgan fingerprint density at radius 2 is 2.40 bits per heavy atom. The Bertz CT molecular complexity index is 273. The smallest absolute Gasteiger partial charge is 0.194 e. The Balaban J connectivity index is 2.35. The molecule has 1 aromatic heterocycles. The molecule has 1 atom stereocenters. The molecule has 0 fully saturated rings. The topological polar surface area (TPSA) is 47.3 Å². The average Bonchev–Trinajstić information content (AvgIpc) is 2.66. The molecule has 0 radical (unpaired) electrons. The standard InChI is InChI=1S/C11H20N2O2/c1-9(12-2)7-10-8-15-11(13-10)5-4-6-14-3/h8-9,12H,4-7H2,1-3H3. The second-order valence-electron chi connectivity index (χ2n) is 3.72. The second kappa shape index (κ2) is 6.58. The molecule has 0 bridgehead atoms. The molecule has 0 aliphatic carbocycles. The van der Waals surface area contributed by atoms with Crippen LogP contribution in [-0.2, 0) is 17.6 Å². The lowest BCUT2D eigenvalue weighted by molar-refractivity contribution is 0.193. The van der Waals surface area contributed by atoms with Crippen LogP contribution in [0.1, 0.15) is 24.9 Å². The van der Waals surface area contributed by atoms with E-state index >= 15 is 0 Å². The third-order valence-corrected chi connectivity index (χ3v) is 2.35. The highest BCUT2D eigenvalue weighted by Gasteiger charge is 2.06.